The molecular formula is C25H37NO6. The lowest BCUT2D eigenvalue weighted by Gasteiger charge is -2.19. The first kappa shape index (κ1) is 25.9. The molecule has 2 aromatic rings. The number of unbranched alkanes of at least 4 members (excludes halogenated alkanes) is 1. The summed E-state index contributed by atoms with van der Waals surface area (Å²) in [5.41, 5.74) is -0.501. The molecule has 0 heterocycles. The predicted molar refractivity (Wildman–Crippen MR) is 125 cm³/mol. The zero-order valence-electron chi connectivity index (χ0n) is 19.5. The Labute approximate surface area is 191 Å². The molecule has 178 valence electrons. The number of amides is 1. The monoisotopic (exact) mass is 447 g/mol. The van der Waals surface area contributed by atoms with Crippen LogP contribution in [0.4, 0.5) is 4.79 Å². The second-order valence-corrected chi connectivity index (χ2v) is 8.59. The summed E-state index contributed by atoms with van der Waals surface area (Å²) in [6.45, 7) is 8.13. The van der Waals surface area contributed by atoms with E-state index in [1.54, 1.807) is 0 Å². The highest BCUT2D eigenvalue weighted by Gasteiger charge is 2.15. The summed E-state index contributed by atoms with van der Waals surface area (Å²) >= 11 is 0. The van der Waals surface area contributed by atoms with E-state index in [1.165, 1.54) is 0 Å². The molecule has 0 aliphatic rings. The van der Waals surface area contributed by atoms with Gasteiger partial charge in [0.2, 0.25) is 0 Å². The Hall–Kier alpha value is -2.35. The number of ether oxygens (including phenoxy) is 4. The maximum Gasteiger partial charge on any atom is 0.407 e. The number of carbonyl (C=O) groups is 1. The van der Waals surface area contributed by atoms with Crippen LogP contribution in [0.25, 0.3) is 10.8 Å². The molecule has 0 aliphatic heterocycles. The van der Waals surface area contributed by atoms with E-state index in [4.69, 9.17) is 18.9 Å². The van der Waals surface area contributed by atoms with Crippen LogP contribution in [0, 0.1) is 0 Å². The van der Waals surface area contributed by atoms with E-state index >= 15 is 0 Å². The molecule has 2 rings (SSSR count). The van der Waals surface area contributed by atoms with Crippen LogP contribution in [0.5, 0.6) is 5.75 Å². The van der Waals surface area contributed by atoms with E-state index in [0.717, 1.165) is 29.4 Å². The van der Waals surface area contributed by atoms with E-state index in [1.807, 2.05) is 63.2 Å². The van der Waals surface area contributed by atoms with Crippen molar-refractivity contribution in [1.29, 1.82) is 0 Å². The number of hydrogen-bond donors (Lipinski definition) is 2. The Morgan fingerprint density at radius 1 is 0.969 bits per heavy atom. The zero-order valence-corrected chi connectivity index (χ0v) is 19.5. The molecule has 1 atom stereocenters. The smallest absolute Gasteiger partial charge is 0.407 e. The minimum atomic E-state index is -0.505. The van der Waals surface area contributed by atoms with Crippen LogP contribution < -0.4 is 10.1 Å². The molecule has 2 aromatic carbocycles. The minimum absolute atomic E-state index is 0.278. The standard InChI is InChI=1S/C25H37NO6/c1-25(2,3)32-24(28)26-14-16-30-18-17-29-15-7-6-11-21(27)19-31-23-13-8-10-20-9-4-5-12-22(20)23/h4-5,8-10,12-13,21,27H,6-7,11,14-19H2,1-3H3,(H,26,28)/t21-/m0/s1. The highest BCUT2D eigenvalue weighted by molar-refractivity contribution is 5.88. The molecule has 0 saturated carbocycles. The van der Waals surface area contributed by atoms with Crippen LogP contribution in [0.3, 0.4) is 0 Å². The molecule has 7 heteroatoms. The fourth-order valence-electron chi connectivity index (χ4n) is 3.04. The van der Waals surface area contributed by atoms with Crippen molar-refractivity contribution in [3.63, 3.8) is 0 Å². The first-order valence-corrected chi connectivity index (χ1v) is 11.3. The number of rotatable bonds is 14. The number of carbonyl (C=O) groups excluding carboxylic acids is 1. The summed E-state index contributed by atoms with van der Waals surface area (Å²) < 4.78 is 21.9. The zero-order chi connectivity index (χ0) is 23.2. The Morgan fingerprint density at radius 3 is 2.47 bits per heavy atom. The van der Waals surface area contributed by atoms with Gasteiger partial charge in [-0.2, -0.15) is 0 Å². The number of aliphatic hydroxyl groups excluding tert-OH is 1. The van der Waals surface area contributed by atoms with Gasteiger partial charge in [0.1, 0.15) is 18.0 Å². The van der Waals surface area contributed by atoms with Crippen molar-refractivity contribution < 1.29 is 28.8 Å². The number of hydrogen-bond acceptors (Lipinski definition) is 6. The molecule has 0 bridgehead atoms. The van der Waals surface area contributed by atoms with Crippen molar-refractivity contribution >= 4 is 16.9 Å². The maximum atomic E-state index is 11.5. The fraction of sp³-hybridized carbons (Fsp3) is 0.560. The summed E-state index contributed by atoms with van der Waals surface area (Å²) in [4.78, 5) is 11.5. The molecule has 0 radical (unpaired) electrons. The van der Waals surface area contributed by atoms with Gasteiger partial charge in [-0.25, -0.2) is 4.79 Å². The van der Waals surface area contributed by atoms with Crippen LogP contribution in [-0.2, 0) is 14.2 Å². The average Bonchev–Trinajstić information content (AvgIpc) is 2.74. The van der Waals surface area contributed by atoms with Crippen LogP contribution in [0.1, 0.15) is 40.0 Å². The Balaban J connectivity index is 1.43. The van der Waals surface area contributed by atoms with Crippen molar-refractivity contribution in [2.24, 2.45) is 0 Å². The lowest BCUT2D eigenvalue weighted by atomic mass is 10.1. The molecule has 0 fully saturated rings. The third-order valence-corrected chi connectivity index (χ3v) is 4.54. The molecule has 1 amide bonds. The topological polar surface area (TPSA) is 86.3 Å². The first-order chi connectivity index (χ1) is 15.3. The van der Waals surface area contributed by atoms with Gasteiger partial charge in [-0.3, -0.25) is 0 Å². The van der Waals surface area contributed by atoms with E-state index < -0.39 is 17.8 Å². The average molecular weight is 448 g/mol. The number of benzene rings is 2. The van der Waals surface area contributed by atoms with Crippen molar-refractivity contribution in [3.05, 3.63) is 42.5 Å². The third kappa shape index (κ3) is 10.8. The van der Waals surface area contributed by atoms with Crippen molar-refractivity contribution in [2.45, 2.75) is 51.7 Å². The summed E-state index contributed by atoms with van der Waals surface area (Å²) in [6, 6.07) is 14.0. The summed E-state index contributed by atoms with van der Waals surface area (Å²) in [6.07, 6.45) is 1.45. The Kier molecular flexibility index (Phi) is 11.3. The number of fused-ring (bicyclic) bond motifs is 1. The lowest BCUT2D eigenvalue weighted by Crippen LogP contribution is -2.34. The lowest BCUT2D eigenvalue weighted by molar-refractivity contribution is 0.0380. The normalized spacial score (nSPS) is 12.5. The molecule has 0 unspecified atom stereocenters. The number of alkyl carbamates (subject to hydrolysis) is 1. The highest BCUT2D eigenvalue weighted by atomic mass is 16.6. The van der Waals surface area contributed by atoms with Gasteiger partial charge in [-0.15, -0.1) is 0 Å². The van der Waals surface area contributed by atoms with Crippen LogP contribution in [0.2, 0.25) is 0 Å². The van der Waals surface area contributed by atoms with Crippen molar-refractivity contribution in [2.75, 3.05) is 39.6 Å². The quantitative estimate of drug-likeness (QED) is 0.420. The van der Waals surface area contributed by atoms with Gasteiger partial charge in [0.25, 0.3) is 0 Å². The largest absolute Gasteiger partial charge is 0.490 e. The molecule has 32 heavy (non-hydrogen) atoms. The first-order valence-electron chi connectivity index (χ1n) is 11.3. The van der Waals surface area contributed by atoms with Gasteiger partial charge in [0.05, 0.1) is 25.9 Å². The van der Waals surface area contributed by atoms with Gasteiger partial charge in [-0.1, -0.05) is 36.4 Å². The second-order valence-electron chi connectivity index (χ2n) is 8.59. The van der Waals surface area contributed by atoms with Gasteiger partial charge in [0.15, 0.2) is 0 Å². The Bertz CT molecular complexity index is 799. The summed E-state index contributed by atoms with van der Waals surface area (Å²) in [7, 11) is 0. The predicted octanol–water partition coefficient (Wildman–Crippen LogP) is 4.31. The maximum absolute atomic E-state index is 11.5. The third-order valence-electron chi connectivity index (χ3n) is 4.54. The minimum Gasteiger partial charge on any atom is -0.490 e. The SMILES string of the molecule is CC(C)(C)OC(=O)NCCOCCOCCCC[C@H](O)COc1cccc2ccccc12. The molecule has 2 N–H and O–H groups in total. The van der Waals surface area contributed by atoms with Gasteiger partial charge in [-0.05, 0) is 51.5 Å². The van der Waals surface area contributed by atoms with Crippen LogP contribution >= 0.6 is 0 Å². The summed E-state index contributed by atoms with van der Waals surface area (Å²) in [5, 5.41) is 15.0. The number of aliphatic hydroxyl groups is 1. The highest BCUT2D eigenvalue weighted by Crippen LogP contribution is 2.25. The fourth-order valence-corrected chi connectivity index (χ4v) is 3.04. The van der Waals surface area contributed by atoms with Crippen molar-refractivity contribution in [3.8, 4) is 5.75 Å². The van der Waals surface area contributed by atoms with Crippen molar-refractivity contribution in [1.82, 2.24) is 5.32 Å². The van der Waals surface area contributed by atoms with E-state index in [0.29, 0.717) is 39.4 Å². The van der Waals surface area contributed by atoms with Crippen LogP contribution in [-0.4, -0.2) is 62.5 Å². The molecule has 0 aromatic heterocycles. The molecule has 0 aliphatic carbocycles. The van der Waals surface area contributed by atoms with Gasteiger partial charge < -0.3 is 29.4 Å². The molecule has 7 nitrogen and oxygen atoms in total. The van der Waals surface area contributed by atoms with E-state index in [9.17, 15) is 9.90 Å². The second kappa shape index (κ2) is 13.9. The molecule has 0 spiro atoms. The number of nitrogens with one attached hydrogen (secondary N) is 1. The summed E-state index contributed by atoms with van der Waals surface area (Å²) in [5.74, 6) is 0.798. The molecular weight excluding hydrogens is 410 g/mol. The van der Waals surface area contributed by atoms with E-state index in [-0.39, 0.29) is 6.61 Å². The van der Waals surface area contributed by atoms with Crippen LogP contribution in [0.15, 0.2) is 42.5 Å². The van der Waals surface area contributed by atoms with E-state index in [2.05, 4.69) is 5.32 Å². The van der Waals surface area contributed by atoms with Gasteiger partial charge in [0, 0.05) is 18.5 Å². The Morgan fingerprint density at radius 2 is 1.69 bits per heavy atom. The molecule has 0 saturated heterocycles. The van der Waals surface area contributed by atoms with Gasteiger partial charge >= 0.3 is 6.09 Å².